The van der Waals surface area contributed by atoms with Crippen molar-refractivity contribution in [2.24, 2.45) is 10.7 Å². The fourth-order valence-corrected chi connectivity index (χ4v) is 2.49. The number of amides is 1. The monoisotopic (exact) mass is 397 g/mol. The molecule has 0 spiro atoms. The molecule has 0 bridgehead atoms. The van der Waals surface area contributed by atoms with Gasteiger partial charge in [0.05, 0.1) is 16.6 Å². The minimum atomic E-state index is -1.22. The van der Waals surface area contributed by atoms with Gasteiger partial charge in [-0.25, -0.2) is 4.99 Å². The lowest BCUT2D eigenvalue weighted by molar-refractivity contribution is -0.140. The molecule has 9 heteroatoms. The minimum absolute atomic E-state index is 0.0000557. The molecule has 0 radical (unpaired) electrons. The zero-order chi connectivity index (χ0) is 18.0. The van der Waals surface area contributed by atoms with Gasteiger partial charge in [-0.1, -0.05) is 6.07 Å². The third kappa shape index (κ3) is 3.81. The summed E-state index contributed by atoms with van der Waals surface area (Å²) in [4.78, 5) is 28.4. The second-order valence-electron chi connectivity index (χ2n) is 5.26. The molecule has 2 rings (SSSR count). The SMILES string of the molecule is C[C@@H](O)[C@H](N)C1=N/C(=C\c2ccc(O)c(Br)c2)C(=O)N1CC(=O)O. The summed E-state index contributed by atoms with van der Waals surface area (Å²) in [5.74, 6) is -1.79. The standard InChI is InChI=1S/C15H16BrN3O5/c1-7(20)13(17)14-18-10(15(24)19(14)6-12(22)23)5-8-2-3-11(21)9(16)4-8/h2-5,7,13,20-21H,6,17H2,1H3,(H,22,23)/b10-5-/t7-,13+/m1/s1. The maximum absolute atomic E-state index is 12.4. The van der Waals surface area contributed by atoms with Crippen LogP contribution in [-0.2, 0) is 9.59 Å². The molecule has 2 atom stereocenters. The topological polar surface area (TPSA) is 136 Å². The van der Waals surface area contributed by atoms with Crippen LogP contribution in [0.1, 0.15) is 12.5 Å². The number of aliphatic hydroxyl groups is 1. The number of carbonyl (C=O) groups is 2. The molecule has 1 aliphatic rings. The Bertz CT molecular complexity index is 745. The van der Waals surface area contributed by atoms with Crippen LogP contribution in [0, 0.1) is 0 Å². The number of amidine groups is 1. The molecular formula is C15H16BrN3O5. The predicted octanol–water partition coefficient (Wildman–Crippen LogP) is 0.529. The van der Waals surface area contributed by atoms with E-state index >= 15 is 0 Å². The lowest BCUT2D eigenvalue weighted by Gasteiger charge is -2.22. The maximum Gasteiger partial charge on any atom is 0.323 e. The van der Waals surface area contributed by atoms with Crippen LogP contribution >= 0.6 is 15.9 Å². The first-order valence-corrected chi connectivity index (χ1v) is 7.76. The van der Waals surface area contributed by atoms with Gasteiger partial charge in [-0.05, 0) is 46.6 Å². The van der Waals surface area contributed by atoms with E-state index in [0.29, 0.717) is 10.0 Å². The number of rotatable bonds is 5. The first-order valence-electron chi connectivity index (χ1n) is 6.96. The first kappa shape index (κ1) is 18.1. The number of aliphatic carboxylic acids is 1. The number of aliphatic imine (C=N–C) groups is 1. The van der Waals surface area contributed by atoms with Crippen LogP contribution in [0.2, 0.25) is 0 Å². The third-order valence-electron chi connectivity index (χ3n) is 3.36. The Kier molecular flexibility index (Phi) is 5.37. The largest absolute Gasteiger partial charge is 0.507 e. The Morgan fingerprint density at radius 2 is 2.17 bits per heavy atom. The highest BCUT2D eigenvalue weighted by atomic mass is 79.9. The number of aliphatic hydroxyl groups excluding tert-OH is 1. The van der Waals surface area contributed by atoms with E-state index in [4.69, 9.17) is 10.8 Å². The third-order valence-corrected chi connectivity index (χ3v) is 4.00. The fourth-order valence-electron chi connectivity index (χ4n) is 2.10. The predicted molar refractivity (Wildman–Crippen MR) is 90.2 cm³/mol. The fraction of sp³-hybridized carbons (Fsp3) is 0.267. The maximum atomic E-state index is 12.4. The van der Waals surface area contributed by atoms with E-state index in [1.165, 1.54) is 19.1 Å². The number of halogens is 1. The number of hydrogen-bond acceptors (Lipinski definition) is 6. The van der Waals surface area contributed by atoms with Crippen molar-refractivity contribution < 1.29 is 24.9 Å². The Balaban J connectivity index is 2.42. The average molecular weight is 398 g/mol. The summed E-state index contributed by atoms with van der Waals surface area (Å²) < 4.78 is 0.439. The normalized spacial score (nSPS) is 18.7. The van der Waals surface area contributed by atoms with Gasteiger partial charge in [0.2, 0.25) is 0 Å². The van der Waals surface area contributed by atoms with Crippen molar-refractivity contribution in [3.05, 3.63) is 33.9 Å². The minimum Gasteiger partial charge on any atom is -0.507 e. The first-order chi connectivity index (χ1) is 11.2. The molecule has 1 heterocycles. The summed E-state index contributed by atoms with van der Waals surface area (Å²) in [6, 6.07) is 3.60. The molecular weight excluding hydrogens is 382 g/mol. The van der Waals surface area contributed by atoms with E-state index in [-0.39, 0.29) is 17.3 Å². The lowest BCUT2D eigenvalue weighted by Crippen LogP contribution is -2.50. The van der Waals surface area contributed by atoms with Gasteiger partial charge >= 0.3 is 5.97 Å². The number of carboxylic acids is 1. The average Bonchev–Trinajstić information content (AvgIpc) is 2.79. The number of nitrogens with two attached hydrogens (primary N) is 1. The van der Waals surface area contributed by atoms with E-state index < -0.39 is 30.6 Å². The summed E-state index contributed by atoms with van der Waals surface area (Å²) in [7, 11) is 0. The Labute approximate surface area is 146 Å². The number of phenolic OH excluding ortho intramolecular Hbond substituents is 1. The van der Waals surface area contributed by atoms with E-state index in [2.05, 4.69) is 20.9 Å². The molecule has 0 saturated heterocycles. The summed E-state index contributed by atoms with van der Waals surface area (Å²) in [5.41, 5.74) is 6.39. The van der Waals surface area contributed by atoms with Gasteiger partial charge in [-0.2, -0.15) is 0 Å². The van der Waals surface area contributed by atoms with Crippen LogP contribution in [0.3, 0.4) is 0 Å². The highest BCUT2D eigenvalue weighted by molar-refractivity contribution is 9.10. The Hall–Kier alpha value is -2.23. The van der Waals surface area contributed by atoms with Crippen LogP contribution in [-0.4, -0.2) is 56.6 Å². The van der Waals surface area contributed by atoms with Crippen molar-refractivity contribution in [2.45, 2.75) is 19.1 Å². The van der Waals surface area contributed by atoms with Crippen LogP contribution in [0.4, 0.5) is 0 Å². The van der Waals surface area contributed by atoms with Crippen LogP contribution in [0.15, 0.2) is 33.4 Å². The van der Waals surface area contributed by atoms with Crippen molar-refractivity contribution in [1.82, 2.24) is 4.90 Å². The second kappa shape index (κ2) is 7.12. The lowest BCUT2D eigenvalue weighted by atomic mass is 10.1. The Morgan fingerprint density at radius 1 is 1.50 bits per heavy atom. The number of aromatic hydroxyl groups is 1. The molecule has 5 N–H and O–H groups in total. The van der Waals surface area contributed by atoms with Crippen LogP contribution in [0.25, 0.3) is 6.08 Å². The molecule has 8 nitrogen and oxygen atoms in total. The van der Waals surface area contributed by atoms with Crippen molar-refractivity contribution in [2.75, 3.05) is 6.54 Å². The van der Waals surface area contributed by atoms with Gasteiger partial charge in [0.1, 0.15) is 23.8 Å². The molecule has 0 aromatic heterocycles. The molecule has 1 aromatic carbocycles. The van der Waals surface area contributed by atoms with E-state index in [1.54, 1.807) is 12.1 Å². The molecule has 0 unspecified atom stereocenters. The van der Waals surface area contributed by atoms with Gasteiger partial charge in [-0.15, -0.1) is 0 Å². The van der Waals surface area contributed by atoms with Crippen molar-refractivity contribution >= 4 is 39.7 Å². The summed E-state index contributed by atoms with van der Waals surface area (Å²) >= 11 is 3.17. The van der Waals surface area contributed by atoms with Gasteiger partial charge in [0.25, 0.3) is 5.91 Å². The Morgan fingerprint density at radius 3 is 2.71 bits per heavy atom. The van der Waals surface area contributed by atoms with Crippen molar-refractivity contribution in [3.8, 4) is 5.75 Å². The van der Waals surface area contributed by atoms with E-state index in [0.717, 1.165) is 4.90 Å². The van der Waals surface area contributed by atoms with E-state index in [1.807, 2.05) is 0 Å². The summed E-state index contributed by atoms with van der Waals surface area (Å²) in [6.45, 7) is 0.824. The van der Waals surface area contributed by atoms with Gasteiger partial charge in [0.15, 0.2) is 0 Å². The molecule has 128 valence electrons. The smallest absolute Gasteiger partial charge is 0.323 e. The van der Waals surface area contributed by atoms with E-state index in [9.17, 15) is 19.8 Å². The number of carbonyl (C=O) groups excluding carboxylic acids is 1. The highest BCUT2D eigenvalue weighted by Crippen LogP contribution is 2.27. The molecule has 0 fully saturated rings. The van der Waals surface area contributed by atoms with Crippen molar-refractivity contribution in [1.29, 1.82) is 0 Å². The van der Waals surface area contributed by atoms with Gasteiger partial charge in [-0.3, -0.25) is 14.5 Å². The quantitative estimate of drug-likeness (QED) is 0.534. The van der Waals surface area contributed by atoms with Crippen molar-refractivity contribution in [3.63, 3.8) is 0 Å². The second-order valence-corrected chi connectivity index (χ2v) is 6.12. The molecule has 1 aromatic rings. The number of benzene rings is 1. The van der Waals surface area contributed by atoms with Gasteiger partial charge < -0.3 is 21.1 Å². The zero-order valence-electron chi connectivity index (χ0n) is 12.7. The number of hydrogen-bond donors (Lipinski definition) is 4. The number of nitrogens with zero attached hydrogens (tertiary/aromatic N) is 2. The molecule has 1 amide bonds. The zero-order valence-corrected chi connectivity index (χ0v) is 14.3. The molecule has 24 heavy (non-hydrogen) atoms. The highest BCUT2D eigenvalue weighted by Gasteiger charge is 2.36. The van der Waals surface area contributed by atoms with Crippen LogP contribution in [0.5, 0.6) is 5.75 Å². The summed E-state index contributed by atoms with van der Waals surface area (Å²) in [5, 5.41) is 28.1. The molecule has 0 aliphatic carbocycles. The van der Waals surface area contributed by atoms with Gasteiger partial charge in [0, 0.05) is 0 Å². The number of phenols is 1. The van der Waals surface area contributed by atoms with Crippen LogP contribution < -0.4 is 5.73 Å². The number of carboxylic acid groups (broad SMARTS) is 1. The molecule has 0 saturated carbocycles. The molecule has 1 aliphatic heterocycles. The summed E-state index contributed by atoms with van der Waals surface area (Å²) in [6.07, 6.45) is 0.443.